The molecule has 8 nitrogen and oxygen atoms in total. The van der Waals surface area contributed by atoms with E-state index in [0.29, 0.717) is 46.5 Å². The largest absolute Gasteiger partial charge is 0.454 e. The van der Waals surface area contributed by atoms with E-state index < -0.39 is 5.72 Å². The van der Waals surface area contributed by atoms with Crippen molar-refractivity contribution in [1.29, 1.82) is 0 Å². The number of rotatable bonds is 7. The van der Waals surface area contributed by atoms with Crippen LogP contribution in [0.3, 0.4) is 0 Å². The smallest absolute Gasteiger partial charge is 0.253 e. The molecule has 1 aromatic carbocycles. The van der Waals surface area contributed by atoms with E-state index in [1.165, 1.54) is 18.6 Å². The molecule has 3 N–H and O–H groups in total. The second-order valence-corrected chi connectivity index (χ2v) is 9.99. The van der Waals surface area contributed by atoms with E-state index in [1.54, 1.807) is 36.4 Å². The molecule has 31 heavy (non-hydrogen) atoms. The fourth-order valence-electron chi connectivity index (χ4n) is 3.66. The molecule has 0 aromatic heterocycles. The van der Waals surface area contributed by atoms with Gasteiger partial charge in [0.05, 0.1) is 6.54 Å². The second kappa shape index (κ2) is 9.76. The normalized spacial score (nSPS) is 22.7. The van der Waals surface area contributed by atoms with Crippen LogP contribution < -0.4 is 25.4 Å². The van der Waals surface area contributed by atoms with Gasteiger partial charge in [-0.25, -0.2) is 0 Å². The molecule has 1 aromatic rings. The lowest BCUT2D eigenvalue weighted by molar-refractivity contribution is -0.117. The maximum atomic E-state index is 12.8. The van der Waals surface area contributed by atoms with E-state index in [4.69, 9.17) is 14.2 Å². The summed E-state index contributed by atoms with van der Waals surface area (Å²) in [7, 11) is 1.93. The van der Waals surface area contributed by atoms with Gasteiger partial charge in [0, 0.05) is 37.8 Å². The summed E-state index contributed by atoms with van der Waals surface area (Å²) < 4.78 is 16.2. The summed E-state index contributed by atoms with van der Waals surface area (Å²) in [6.45, 7) is 2.98. The number of benzene rings is 1. The summed E-state index contributed by atoms with van der Waals surface area (Å²) in [6.07, 6.45) is 5.58. The number of fused-ring (bicyclic) bond motifs is 1. The molecule has 166 valence electrons. The maximum absolute atomic E-state index is 12.8. The van der Waals surface area contributed by atoms with E-state index in [0.717, 1.165) is 18.8 Å². The van der Waals surface area contributed by atoms with Gasteiger partial charge in [0.15, 0.2) is 17.2 Å². The number of ether oxygens (including phenoxy) is 3. The average Bonchev–Trinajstić information content (AvgIpc) is 3.28. The molecule has 9 heteroatoms. The number of carbonyl (C=O) groups is 2. The van der Waals surface area contributed by atoms with Crippen LogP contribution in [0.5, 0.6) is 11.5 Å². The number of methoxy groups -OCH3 is 1. The van der Waals surface area contributed by atoms with Gasteiger partial charge < -0.3 is 30.2 Å². The van der Waals surface area contributed by atoms with E-state index in [-0.39, 0.29) is 18.6 Å². The van der Waals surface area contributed by atoms with Gasteiger partial charge in [-0.05, 0) is 41.2 Å². The molecule has 0 bridgehead atoms. The molecule has 2 amide bonds. The van der Waals surface area contributed by atoms with Gasteiger partial charge in [-0.3, -0.25) is 9.59 Å². The Hall–Kier alpha value is -2.49. The Kier molecular flexibility index (Phi) is 6.84. The standard InChI is InChI=1S/C22H27N3O5S/c1-28-22(25-21(27)17-2-3-18-19(14-17)30-15-29-18)6-4-16(5-7-22)20(26)24-10-13-31-11-8-23-9-12-31/h2-6,14,23H,7-13,15H2,1H3,(H-,24,25,26,27)/p+1. The van der Waals surface area contributed by atoms with Crippen molar-refractivity contribution in [3.63, 3.8) is 0 Å². The Labute approximate surface area is 184 Å². The molecule has 1 saturated heterocycles. The second-order valence-electron chi connectivity index (χ2n) is 7.54. The van der Waals surface area contributed by atoms with Crippen LogP contribution in [0.4, 0.5) is 0 Å². The molecular weight excluding hydrogens is 418 g/mol. The van der Waals surface area contributed by atoms with Crippen molar-refractivity contribution in [1.82, 2.24) is 16.0 Å². The van der Waals surface area contributed by atoms with Crippen molar-refractivity contribution in [3.8, 4) is 11.5 Å². The number of carbonyl (C=O) groups excluding carboxylic acids is 2. The van der Waals surface area contributed by atoms with Crippen LogP contribution >= 0.6 is 0 Å². The number of nitrogens with one attached hydrogen (secondary N) is 3. The summed E-state index contributed by atoms with van der Waals surface area (Å²) in [5.41, 5.74) is 0.0206. The summed E-state index contributed by atoms with van der Waals surface area (Å²) in [4.78, 5) is 25.3. The van der Waals surface area contributed by atoms with Gasteiger partial charge in [-0.2, -0.15) is 0 Å². The topological polar surface area (TPSA) is 97.9 Å². The van der Waals surface area contributed by atoms with Crippen LogP contribution in [0, 0.1) is 0 Å². The van der Waals surface area contributed by atoms with Gasteiger partial charge in [-0.15, -0.1) is 0 Å². The fourth-order valence-corrected chi connectivity index (χ4v) is 5.53. The van der Waals surface area contributed by atoms with Crippen molar-refractivity contribution in [3.05, 3.63) is 47.6 Å². The van der Waals surface area contributed by atoms with Crippen LogP contribution in [0.1, 0.15) is 16.8 Å². The third kappa shape index (κ3) is 5.23. The summed E-state index contributed by atoms with van der Waals surface area (Å²) in [5.74, 6) is 4.18. The van der Waals surface area contributed by atoms with Crippen LogP contribution in [0.15, 0.2) is 42.0 Å². The fraction of sp³-hybridized carbons (Fsp3) is 0.455. The Bertz CT molecular complexity index is 897. The van der Waals surface area contributed by atoms with Gasteiger partial charge in [0.25, 0.3) is 11.8 Å². The highest BCUT2D eigenvalue weighted by molar-refractivity contribution is 7.96. The first-order chi connectivity index (χ1) is 15.1. The molecule has 1 atom stereocenters. The average molecular weight is 447 g/mol. The third-order valence-electron chi connectivity index (χ3n) is 5.55. The zero-order valence-electron chi connectivity index (χ0n) is 17.6. The van der Waals surface area contributed by atoms with Crippen LogP contribution in [0.2, 0.25) is 0 Å². The predicted octanol–water partition coefficient (Wildman–Crippen LogP) is 0.712. The molecular formula is C22H28N3O5S+. The SMILES string of the molecule is COC1(NC(=O)c2ccc3c(c2)OCO3)C=CC(C(=O)NCC[S+]2CCNCC2)=CC1. The van der Waals surface area contributed by atoms with Crippen LogP contribution in [0.25, 0.3) is 0 Å². The van der Waals surface area contributed by atoms with Crippen molar-refractivity contribution in [2.75, 3.05) is 50.8 Å². The molecule has 0 saturated carbocycles. The maximum Gasteiger partial charge on any atom is 0.253 e. The Morgan fingerprint density at radius 2 is 2.00 bits per heavy atom. The Balaban J connectivity index is 1.30. The lowest BCUT2D eigenvalue weighted by atomic mass is 9.98. The van der Waals surface area contributed by atoms with E-state index >= 15 is 0 Å². The summed E-state index contributed by atoms with van der Waals surface area (Å²) in [5, 5.41) is 9.28. The zero-order chi connectivity index (χ0) is 21.7. The Morgan fingerprint density at radius 1 is 1.19 bits per heavy atom. The highest BCUT2D eigenvalue weighted by Gasteiger charge is 2.32. The molecule has 0 spiro atoms. The zero-order valence-corrected chi connectivity index (χ0v) is 18.4. The van der Waals surface area contributed by atoms with Gasteiger partial charge in [0.2, 0.25) is 6.79 Å². The van der Waals surface area contributed by atoms with Crippen LogP contribution in [-0.2, 0) is 20.4 Å². The van der Waals surface area contributed by atoms with E-state index in [2.05, 4.69) is 16.0 Å². The molecule has 3 aliphatic rings. The minimum Gasteiger partial charge on any atom is -0.454 e. The first-order valence-corrected chi connectivity index (χ1v) is 12.1. The molecule has 1 fully saturated rings. The summed E-state index contributed by atoms with van der Waals surface area (Å²) in [6, 6.07) is 5.03. The van der Waals surface area contributed by atoms with Crippen molar-refractivity contribution >= 4 is 22.7 Å². The van der Waals surface area contributed by atoms with E-state index in [9.17, 15) is 9.59 Å². The quantitative estimate of drug-likeness (QED) is 0.422. The van der Waals surface area contributed by atoms with Gasteiger partial charge >= 0.3 is 0 Å². The molecule has 2 heterocycles. The molecule has 2 aliphatic heterocycles. The highest BCUT2D eigenvalue weighted by Crippen LogP contribution is 2.33. The first kappa shape index (κ1) is 21.7. The van der Waals surface area contributed by atoms with Crippen molar-refractivity contribution in [2.24, 2.45) is 0 Å². The predicted molar refractivity (Wildman–Crippen MR) is 119 cm³/mol. The summed E-state index contributed by atoms with van der Waals surface area (Å²) >= 11 is 0. The molecule has 1 unspecified atom stereocenters. The van der Waals surface area contributed by atoms with E-state index in [1.807, 2.05) is 0 Å². The third-order valence-corrected chi connectivity index (χ3v) is 7.90. The van der Waals surface area contributed by atoms with Crippen molar-refractivity contribution < 1.29 is 23.8 Å². The molecule has 4 rings (SSSR count). The van der Waals surface area contributed by atoms with Gasteiger partial charge in [0.1, 0.15) is 17.3 Å². The van der Waals surface area contributed by atoms with Crippen LogP contribution in [-0.4, -0.2) is 68.3 Å². The molecule has 1 aliphatic carbocycles. The lowest BCUT2D eigenvalue weighted by Crippen LogP contribution is -2.49. The highest BCUT2D eigenvalue weighted by atomic mass is 32.2. The molecule has 0 radical (unpaired) electrons. The monoisotopic (exact) mass is 446 g/mol. The minimum atomic E-state index is -1.01. The Morgan fingerprint density at radius 3 is 2.74 bits per heavy atom. The van der Waals surface area contributed by atoms with Crippen molar-refractivity contribution in [2.45, 2.75) is 12.1 Å². The minimum absolute atomic E-state index is 0.0956. The van der Waals surface area contributed by atoms with Gasteiger partial charge in [-0.1, -0.05) is 6.08 Å². The lowest BCUT2D eigenvalue weighted by Gasteiger charge is -2.31. The number of hydrogen-bond donors (Lipinski definition) is 3. The first-order valence-electron chi connectivity index (χ1n) is 10.4. The number of amides is 2. The number of hydrogen-bond acceptors (Lipinski definition) is 6.